The first-order chi connectivity index (χ1) is 23.3. The van der Waals surface area contributed by atoms with Gasteiger partial charge in [0.05, 0.1) is 15.6 Å². The predicted molar refractivity (Wildman–Crippen MR) is 198 cm³/mol. The van der Waals surface area contributed by atoms with Gasteiger partial charge in [-0.05, 0) is 76.9 Å². The first-order valence-electron chi connectivity index (χ1n) is 15.7. The van der Waals surface area contributed by atoms with E-state index >= 15 is 0 Å². The van der Waals surface area contributed by atoms with Crippen LogP contribution in [0.4, 0.5) is 17.1 Å². The van der Waals surface area contributed by atoms with Gasteiger partial charge in [0, 0.05) is 28.0 Å². The van der Waals surface area contributed by atoms with Crippen molar-refractivity contribution < 1.29 is 4.42 Å². The maximum Gasteiger partial charge on any atom is 0.137 e. The molecule has 0 fully saturated rings. The van der Waals surface area contributed by atoms with Crippen molar-refractivity contribution >= 4 is 60.6 Å². The molecule has 0 radical (unpaired) electrons. The maximum absolute atomic E-state index is 6.41. The number of benzene rings is 7. The van der Waals surface area contributed by atoms with Crippen molar-refractivity contribution in [2.24, 2.45) is 0 Å². The van der Waals surface area contributed by atoms with Gasteiger partial charge in [-0.1, -0.05) is 115 Å². The van der Waals surface area contributed by atoms with E-state index < -0.39 is 0 Å². The Hall–Kier alpha value is -5.97. The molecule has 0 saturated carbocycles. The summed E-state index contributed by atoms with van der Waals surface area (Å²) < 4.78 is 7.56. The van der Waals surface area contributed by atoms with Gasteiger partial charge >= 0.3 is 0 Å². The third kappa shape index (κ3) is 4.96. The van der Waals surface area contributed by atoms with Crippen LogP contribution in [-0.4, -0.2) is 4.98 Å². The molecule has 2 aromatic heterocycles. The third-order valence-electron chi connectivity index (χ3n) is 8.70. The lowest BCUT2D eigenvalue weighted by atomic mass is 10.0. The molecule has 0 spiro atoms. The molecule has 0 aliphatic rings. The van der Waals surface area contributed by atoms with Crippen LogP contribution in [0.15, 0.2) is 174 Å². The van der Waals surface area contributed by atoms with Crippen molar-refractivity contribution in [1.29, 1.82) is 0 Å². The van der Waals surface area contributed by atoms with Gasteiger partial charge in [0.15, 0.2) is 0 Å². The number of anilines is 3. The molecule has 222 valence electrons. The Labute approximate surface area is 276 Å². The number of hydrogen-bond donors (Lipinski definition) is 0. The van der Waals surface area contributed by atoms with Crippen molar-refractivity contribution in [3.8, 4) is 32.8 Å². The van der Waals surface area contributed by atoms with Crippen molar-refractivity contribution in [2.45, 2.75) is 0 Å². The molecule has 0 aliphatic heterocycles. The molecule has 0 unspecified atom stereocenters. The van der Waals surface area contributed by atoms with Gasteiger partial charge in [-0.15, -0.1) is 11.3 Å². The first kappa shape index (κ1) is 27.3. The fourth-order valence-corrected chi connectivity index (χ4v) is 7.40. The molecular formula is C43H28N2OS. The minimum absolute atomic E-state index is 0.847. The number of furan rings is 1. The molecule has 3 nitrogen and oxygen atoms in total. The molecule has 9 aromatic rings. The number of fused-ring (bicyclic) bond motifs is 5. The van der Waals surface area contributed by atoms with E-state index in [4.69, 9.17) is 9.40 Å². The lowest BCUT2D eigenvalue weighted by molar-refractivity contribution is 0.669. The molecule has 2 heterocycles. The Bertz CT molecular complexity index is 2500. The van der Waals surface area contributed by atoms with Crippen molar-refractivity contribution in [2.75, 3.05) is 4.90 Å². The Morgan fingerprint density at radius 2 is 1.02 bits per heavy atom. The lowest BCUT2D eigenvalue weighted by Crippen LogP contribution is -2.10. The second-order valence-corrected chi connectivity index (χ2v) is 12.6. The Morgan fingerprint density at radius 3 is 1.74 bits per heavy atom. The third-order valence-corrected chi connectivity index (χ3v) is 9.77. The molecule has 0 amide bonds. The lowest BCUT2D eigenvalue weighted by Gasteiger charge is -2.26. The number of rotatable bonds is 6. The minimum atomic E-state index is 0.847. The normalized spacial score (nSPS) is 11.4. The van der Waals surface area contributed by atoms with Crippen LogP contribution >= 0.6 is 11.3 Å². The fourth-order valence-electron chi connectivity index (χ4n) is 6.42. The maximum atomic E-state index is 6.41. The van der Waals surface area contributed by atoms with Gasteiger partial charge in [-0.25, -0.2) is 4.98 Å². The van der Waals surface area contributed by atoms with E-state index in [0.29, 0.717) is 0 Å². The molecular weight excluding hydrogens is 593 g/mol. The molecule has 0 aliphatic carbocycles. The second kappa shape index (κ2) is 11.4. The molecule has 7 aromatic carbocycles. The van der Waals surface area contributed by atoms with E-state index in [2.05, 4.69) is 169 Å². The van der Waals surface area contributed by atoms with Crippen LogP contribution in [0.2, 0.25) is 0 Å². The average Bonchev–Trinajstić information content (AvgIpc) is 3.75. The second-order valence-electron chi connectivity index (χ2n) is 11.6. The van der Waals surface area contributed by atoms with Crippen LogP contribution in [0.25, 0.3) is 65.0 Å². The van der Waals surface area contributed by atoms with Gasteiger partial charge in [-0.2, -0.15) is 0 Å². The molecule has 4 heteroatoms. The number of thiazole rings is 1. The topological polar surface area (TPSA) is 29.3 Å². The summed E-state index contributed by atoms with van der Waals surface area (Å²) in [6.07, 6.45) is 0. The zero-order valence-corrected chi connectivity index (χ0v) is 26.2. The van der Waals surface area contributed by atoms with Crippen LogP contribution in [0.5, 0.6) is 0 Å². The van der Waals surface area contributed by atoms with E-state index in [9.17, 15) is 0 Å². The van der Waals surface area contributed by atoms with E-state index in [-0.39, 0.29) is 0 Å². The largest absolute Gasteiger partial charge is 0.456 e. The zero-order valence-electron chi connectivity index (χ0n) is 25.4. The standard InChI is InChI=1S/C43H28N2OS/c1-4-11-29(12-5-1)31-19-21-34(22-20-31)45(35-18-10-17-33(27-35)30-13-6-2-7-14-30)36-23-24-38-37(28-36)41-39(46-38)25-26-40-42(41)44-43(47-40)32-15-8-3-9-16-32/h1-28H. The van der Waals surface area contributed by atoms with E-state index in [1.54, 1.807) is 11.3 Å². The van der Waals surface area contributed by atoms with Gasteiger partial charge in [0.2, 0.25) is 0 Å². The summed E-state index contributed by atoms with van der Waals surface area (Å²) in [5.74, 6) is 0. The molecule has 0 atom stereocenters. The summed E-state index contributed by atoms with van der Waals surface area (Å²) >= 11 is 1.72. The summed E-state index contributed by atoms with van der Waals surface area (Å²) in [4.78, 5) is 7.48. The highest BCUT2D eigenvalue weighted by molar-refractivity contribution is 7.21. The monoisotopic (exact) mass is 620 g/mol. The quantitative estimate of drug-likeness (QED) is 0.185. The molecule has 0 saturated heterocycles. The van der Waals surface area contributed by atoms with Gasteiger partial charge < -0.3 is 9.32 Å². The predicted octanol–water partition coefficient (Wildman–Crippen LogP) is 12.7. The van der Waals surface area contributed by atoms with Gasteiger partial charge in [0.1, 0.15) is 16.2 Å². The highest BCUT2D eigenvalue weighted by Gasteiger charge is 2.19. The van der Waals surface area contributed by atoms with E-state index in [1.807, 2.05) is 6.07 Å². The van der Waals surface area contributed by atoms with Crippen molar-refractivity contribution in [1.82, 2.24) is 4.98 Å². The summed E-state index contributed by atoms with van der Waals surface area (Å²) in [6.45, 7) is 0. The molecule has 9 rings (SSSR count). The highest BCUT2D eigenvalue weighted by Crippen LogP contribution is 2.43. The fraction of sp³-hybridized carbons (Fsp3) is 0. The van der Waals surface area contributed by atoms with Crippen LogP contribution < -0.4 is 4.90 Å². The Morgan fingerprint density at radius 1 is 0.447 bits per heavy atom. The zero-order chi connectivity index (χ0) is 31.2. The minimum Gasteiger partial charge on any atom is -0.456 e. The molecule has 0 N–H and O–H groups in total. The van der Waals surface area contributed by atoms with Crippen molar-refractivity contribution in [3.05, 3.63) is 170 Å². The number of aromatic nitrogens is 1. The van der Waals surface area contributed by atoms with Crippen LogP contribution in [0, 0.1) is 0 Å². The molecule has 47 heavy (non-hydrogen) atoms. The van der Waals surface area contributed by atoms with Crippen LogP contribution in [-0.2, 0) is 0 Å². The first-order valence-corrected chi connectivity index (χ1v) is 16.5. The summed E-state index contributed by atoms with van der Waals surface area (Å²) in [5.41, 5.74) is 11.7. The van der Waals surface area contributed by atoms with Crippen LogP contribution in [0.1, 0.15) is 0 Å². The summed E-state index contributed by atoms with van der Waals surface area (Å²) in [5, 5.41) is 3.12. The number of nitrogens with zero attached hydrogens (tertiary/aromatic N) is 2. The average molecular weight is 621 g/mol. The SMILES string of the molecule is c1ccc(-c2ccc(N(c3cccc(-c4ccccc4)c3)c3ccc4oc5ccc6sc(-c7ccccc7)nc6c5c4c3)cc2)cc1. The van der Waals surface area contributed by atoms with E-state index in [1.165, 1.54) is 22.3 Å². The van der Waals surface area contributed by atoms with Gasteiger partial charge in [-0.3, -0.25) is 0 Å². The smallest absolute Gasteiger partial charge is 0.137 e. The van der Waals surface area contributed by atoms with Gasteiger partial charge in [0.25, 0.3) is 0 Å². The molecule has 0 bridgehead atoms. The number of hydrogen-bond acceptors (Lipinski definition) is 4. The van der Waals surface area contributed by atoms with Crippen LogP contribution in [0.3, 0.4) is 0 Å². The Balaban J connectivity index is 1.22. The van der Waals surface area contributed by atoms with E-state index in [0.717, 1.165) is 59.8 Å². The highest BCUT2D eigenvalue weighted by atomic mass is 32.1. The summed E-state index contributed by atoms with van der Waals surface area (Å²) in [6, 6.07) is 59.7. The van der Waals surface area contributed by atoms with Crippen molar-refractivity contribution in [3.63, 3.8) is 0 Å². The Kier molecular flexibility index (Phi) is 6.65. The summed E-state index contributed by atoms with van der Waals surface area (Å²) in [7, 11) is 0.